The minimum atomic E-state index is 0. The topological polar surface area (TPSA) is 34.6 Å². The Bertz CT molecular complexity index is 439. The van der Waals surface area contributed by atoms with Crippen LogP contribution in [-0.2, 0) is 14.1 Å². The van der Waals surface area contributed by atoms with Gasteiger partial charge in [-0.15, -0.1) is 0 Å². The number of aromatic nitrogens is 4. The van der Waals surface area contributed by atoms with E-state index >= 15 is 0 Å². The normalized spacial score (nSPS) is 10.1. The highest BCUT2D eigenvalue weighted by Gasteiger charge is 2.13. The number of imidazole rings is 1. The fourth-order valence-corrected chi connectivity index (χ4v) is 1.42. The van der Waals surface area contributed by atoms with Gasteiger partial charge in [0.15, 0.2) is 11.8 Å². The van der Waals surface area contributed by atoms with Crippen LogP contribution < -0.4 is 28.5 Å². The van der Waals surface area contributed by atoms with Crippen LogP contribution in [0.3, 0.4) is 0 Å². The van der Waals surface area contributed by atoms with Gasteiger partial charge in [0.05, 0.1) is 14.1 Å². The van der Waals surface area contributed by atoms with Crippen molar-refractivity contribution in [2.75, 3.05) is 0 Å². The number of aryl methyl sites for hydroxylation is 2. The van der Waals surface area contributed by atoms with Crippen LogP contribution in [0.25, 0.3) is 11.2 Å². The lowest BCUT2D eigenvalue weighted by Gasteiger charge is -1.93. The van der Waals surface area contributed by atoms with Crippen molar-refractivity contribution in [1.82, 2.24) is 14.5 Å². The van der Waals surface area contributed by atoms with Crippen molar-refractivity contribution in [3.63, 3.8) is 0 Å². The van der Waals surface area contributed by atoms with Gasteiger partial charge >= 0.3 is 0 Å². The predicted octanol–water partition coefficient (Wildman–Crippen LogP) is -2.55. The first-order chi connectivity index (χ1) is 5.70. The van der Waals surface area contributed by atoms with Gasteiger partial charge in [0.25, 0.3) is 5.65 Å². The lowest BCUT2D eigenvalue weighted by molar-refractivity contribution is -0.650. The molecule has 0 amide bonds. The van der Waals surface area contributed by atoms with Gasteiger partial charge in [-0.05, 0) is 11.6 Å². The first-order valence-electron chi connectivity index (χ1n) is 3.51. The summed E-state index contributed by atoms with van der Waals surface area (Å²) in [7, 11) is 3.83. The van der Waals surface area contributed by atoms with Crippen LogP contribution in [0.4, 0.5) is 0 Å². The Morgan fingerprint density at radius 3 is 2.77 bits per heavy atom. The van der Waals surface area contributed by atoms with E-state index in [4.69, 9.17) is 11.6 Å². The smallest absolute Gasteiger partial charge is 0.260 e. The summed E-state index contributed by atoms with van der Waals surface area (Å²) in [5.74, 6) is 0. The zero-order chi connectivity index (χ0) is 8.72. The van der Waals surface area contributed by atoms with Crippen LogP contribution in [0, 0.1) is 0 Å². The quantitative estimate of drug-likeness (QED) is 0.305. The molecule has 0 saturated heterocycles. The van der Waals surface area contributed by atoms with Crippen LogP contribution in [0.1, 0.15) is 0 Å². The third kappa shape index (κ3) is 1.62. The molecule has 0 radical (unpaired) electrons. The van der Waals surface area contributed by atoms with E-state index in [2.05, 4.69) is 9.97 Å². The zero-order valence-corrected chi connectivity index (χ0v) is 10.1. The molecule has 13 heavy (non-hydrogen) atoms. The molecule has 2 rings (SSSR count). The van der Waals surface area contributed by atoms with Gasteiger partial charge in [-0.25, -0.2) is 9.55 Å². The monoisotopic (exact) mass is 310 g/mol. The van der Waals surface area contributed by atoms with Crippen LogP contribution in [0.15, 0.2) is 12.7 Å². The van der Waals surface area contributed by atoms with Crippen LogP contribution >= 0.6 is 11.6 Å². The van der Waals surface area contributed by atoms with Crippen molar-refractivity contribution < 1.29 is 28.5 Å². The second kappa shape index (κ2) is 3.75. The fourth-order valence-electron chi connectivity index (χ4n) is 1.24. The Hall–Kier alpha value is -0.430. The summed E-state index contributed by atoms with van der Waals surface area (Å²) in [6, 6.07) is 0. The van der Waals surface area contributed by atoms with Crippen molar-refractivity contribution in [3.05, 3.63) is 17.8 Å². The predicted molar refractivity (Wildman–Crippen MR) is 44.7 cm³/mol. The molecule has 6 heteroatoms. The van der Waals surface area contributed by atoms with E-state index in [9.17, 15) is 0 Å². The molecule has 0 fully saturated rings. The van der Waals surface area contributed by atoms with Gasteiger partial charge in [-0.1, -0.05) is 4.98 Å². The number of rotatable bonds is 0. The van der Waals surface area contributed by atoms with Gasteiger partial charge in [0.2, 0.25) is 11.5 Å². The van der Waals surface area contributed by atoms with Crippen LogP contribution in [0.2, 0.25) is 5.15 Å². The zero-order valence-electron chi connectivity index (χ0n) is 7.20. The van der Waals surface area contributed by atoms with E-state index in [0.29, 0.717) is 5.15 Å². The summed E-state index contributed by atoms with van der Waals surface area (Å²) in [4.78, 5) is 8.10. The van der Waals surface area contributed by atoms with Gasteiger partial charge < -0.3 is 24.0 Å². The Balaban J connectivity index is 0.000000845. The largest absolute Gasteiger partial charge is 1.00 e. The highest BCUT2D eigenvalue weighted by Crippen LogP contribution is 2.14. The minimum Gasteiger partial charge on any atom is -1.00 e. The number of hydrogen-bond donors (Lipinski definition) is 0. The molecule has 2 heterocycles. The molecule has 2 aromatic heterocycles. The van der Waals surface area contributed by atoms with E-state index in [-0.39, 0.29) is 24.0 Å². The summed E-state index contributed by atoms with van der Waals surface area (Å²) in [5.41, 5.74) is 1.71. The first-order valence-corrected chi connectivity index (χ1v) is 3.89. The minimum absolute atomic E-state index is 0. The van der Waals surface area contributed by atoms with E-state index in [1.54, 1.807) is 12.7 Å². The molecule has 0 atom stereocenters. The summed E-state index contributed by atoms with van der Waals surface area (Å²) in [6.07, 6.45) is 3.39. The molecule has 0 aliphatic rings. The molecular formula is C7H8ClIN4. The standard InChI is InChI=1S/C7H8ClN4.HI/c1-11-3-9-5-6(8)10-4-12(2)7(5)11;/h3-4H,1-2H3;1H/q+1;/p-1. The summed E-state index contributed by atoms with van der Waals surface area (Å²) in [6.45, 7) is 0. The fraction of sp³-hybridized carbons (Fsp3) is 0.286. The second-order valence-corrected chi connectivity index (χ2v) is 3.03. The third-order valence-corrected chi connectivity index (χ3v) is 2.06. The molecule has 0 aliphatic carbocycles. The van der Waals surface area contributed by atoms with E-state index in [1.165, 1.54) is 0 Å². The Morgan fingerprint density at radius 2 is 2.15 bits per heavy atom. The lowest BCUT2D eigenvalue weighted by atomic mass is 10.5. The van der Waals surface area contributed by atoms with Gasteiger partial charge in [0.1, 0.15) is 0 Å². The molecule has 4 nitrogen and oxygen atoms in total. The molecule has 0 spiro atoms. The average molecular weight is 311 g/mol. The Morgan fingerprint density at radius 1 is 1.46 bits per heavy atom. The lowest BCUT2D eigenvalue weighted by Crippen LogP contribution is -3.00. The first kappa shape index (κ1) is 10.6. The number of nitrogens with zero attached hydrogens (tertiary/aromatic N) is 4. The molecule has 2 aromatic rings. The number of fused-ring (bicyclic) bond motifs is 1. The van der Waals surface area contributed by atoms with Crippen LogP contribution in [-0.4, -0.2) is 14.5 Å². The molecule has 0 aromatic carbocycles. The molecule has 70 valence electrons. The maximum atomic E-state index is 5.84. The summed E-state index contributed by atoms with van der Waals surface area (Å²) >= 11 is 5.84. The van der Waals surface area contributed by atoms with Crippen molar-refractivity contribution in [1.29, 1.82) is 0 Å². The highest BCUT2D eigenvalue weighted by molar-refractivity contribution is 6.33. The van der Waals surface area contributed by atoms with Crippen LogP contribution in [0.5, 0.6) is 0 Å². The summed E-state index contributed by atoms with van der Waals surface area (Å²) < 4.78 is 3.79. The highest BCUT2D eigenvalue weighted by atomic mass is 127. The molecular weight excluding hydrogens is 302 g/mol. The van der Waals surface area contributed by atoms with E-state index in [0.717, 1.165) is 11.2 Å². The molecule has 0 saturated carbocycles. The maximum Gasteiger partial charge on any atom is 0.260 e. The maximum absolute atomic E-state index is 5.84. The second-order valence-electron chi connectivity index (χ2n) is 2.67. The average Bonchev–Trinajstić information content (AvgIpc) is 2.42. The van der Waals surface area contributed by atoms with Crippen molar-refractivity contribution in [3.8, 4) is 0 Å². The van der Waals surface area contributed by atoms with Gasteiger partial charge in [-0.2, -0.15) is 0 Å². The Kier molecular flexibility index (Phi) is 3.07. The molecule has 0 aliphatic heterocycles. The van der Waals surface area contributed by atoms with E-state index < -0.39 is 0 Å². The summed E-state index contributed by atoms with van der Waals surface area (Å²) in [5, 5.41) is 0.448. The molecule has 0 bridgehead atoms. The SMILES string of the molecule is Cn1cnc2c(Cl)nc[n+](C)c21.[I-]. The van der Waals surface area contributed by atoms with Gasteiger partial charge in [-0.3, -0.25) is 4.57 Å². The number of halogens is 2. The third-order valence-electron chi connectivity index (χ3n) is 1.78. The Labute approximate surface area is 97.6 Å². The number of hydrogen-bond acceptors (Lipinski definition) is 2. The van der Waals surface area contributed by atoms with Crippen molar-refractivity contribution in [2.45, 2.75) is 0 Å². The molecule has 0 unspecified atom stereocenters. The van der Waals surface area contributed by atoms with Gasteiger partial charge in [0, 0.05) is 0 Å². The van der Waals surface area contributed by atoms with Crippen molar-refractivity contribution in [2.24, 2.45) is 14.1 Å². The molecule has 0 N–H and O–H groups in total. The van der Waals surface area contributed by atoms with E-state index in [1.807, 2.05) is 23.2 Å². The van der Waals surface area contributed by atoms with Crippen molar-refractivity contribution >= 4 is 22.8 Å².